The van der Waals surface area contributed by atoms with Gasteiger partial charge in [0.15, 0.2) is 0 Å². The van der Waals surface area contributed by atoms with Crippen LogP contribution in [0.25, 0.3) is 0 Å². The summed E-state index contributed by atoms with van der Waals surface area (Å²) >= 11 is 6.17. The van der Waals surface area contributed by atoms with Crippen LogP contribution in [-0.2, 0) is 4.79 Å². The maximum absolute atomic E-state index is 12.1. The van der Waals surface area contributed by atoms with E-state index < -0.39 is 6.10 Å². The number of aliphatic hydroxyl groups excluding tert-OH is 1. The molecule has 0 aromatic heterocycles. The molecule has 0 saturated carbocycles. The van der Waals surface area contributed by atoms with Crippen LogP contribution in [0.1, 0.15) is 38.9 Å². The van der Waals surface area contributed by atoms with Crippen molar-refractivity contribution in [2.24, 2.45) is 0 Å². The number of nitrogens with zero attached hydrogens (tertiary/aromatic N) is 2. The molecular weight excluding hydrogens is 338 g/mol. The third-order valence-electron chi connectivity index (χ3n) is 4.26. The molecule has 1 aromatic rings. The molecule has 0 bridgehead atoms. The standard InChI is InChI=1S/C19H30ClN3O2/c1-19(2,3)21-18(25)14-23-10-6-9-22(11-12-23)13-17(24)15-7-4-5-8-16(15)20/h4-5,7-8,17,24H,6,9-14H2,1-3H3,(H,21,25). The fourth-order valence-corrected chi connectivity index (χ4v) is 3.38. The smallest absolute Gasteiger partial charge is 0.234 e. The number of carbonyl (C=O) groups is 1. The van der Waals surface area contributed by atoms with E-state index in [1.807, 2.05) is 39.0 Å². The van der Waals surface area contributed by atoms with Gasteiger partial charge < -0.3 is 10.4 Å². The van der Waals surface area contributed by atoms with Crippen molar-refractivity contribution < 1.29 is 9.90 Å². The molecule has 1 atom stereocenters. The predicted octanol–water partition coefficient (Wildman–Crippen LogP) is 2.30. The first-order valence-corrected chi connectivity index (χ1v) is 9.30. The number of β-amino-alcohol motifs (C(OH)–C–C–N with tert-alkyl or cyclic N) is 1. The van der Waals surface area contributed by atoms with Gasteiger partial charge in [0.1, 0.15) is 0 Å². The summed E-state index contributed by atoms with van der Waals surface area (Å²) < 4.78 is 0. The van der Waals surface area contributed by atoms with E-state index in [1.54, 1.807) is 6.07 Å². The molecule has 2 N–H and O–H groups in total. The summed E-state index contributed by atoms with van der Waals surface area (Å²) in [6, 6.07) is 7.43. The molecule has 5 nitrogen and oxygen atoms in total. The maximum atomic E-state index is 12.1. The van der Waals surface area contributed by atoms with Crippen LogP contribution in [0.2, 0.25) is 5.02 Å². The number of hydrogen-bond donors (Lipinski definition) is 2. The van der Waals surface area contributed by atoms with Crippen LogP contribution in [0.3, 0.4) is 0 Å². The molecule has 0 aliphatic carbocycles. The van der Waals surface area contributed by atoms with E-state index in [9.17, 15) is 9.90 Å². The average Bonchev–Trinajstić information content (AvgIpc) is 2.71. The summed E-state index contributed by atoms with van der Waals surface area (Å²) in [5, 5.41) is 14.1. The van der Waals surface area contributed by atoms with E-state index >= 15 is 0 Å². The van der Waals surface area contributed by atoms with Crippen molar-refractivity contribution >= 4 is 17.5 Å². The van der Waals surface area contributed by atoms with Gasteiger partial charge in [-0.3, -0.25) is 14.6 Å². The molecule has 1 aromatic carbocycles. The van der Waals surface area contributed by atoms with Gasteiger partial charge in [-0.2, -0.15) is 0 Å². The van der Waals surface area contributed by atoms with E-state index in [1.165, 1.54) is 0 Å². The summed E-state index contributed by atoms with van der Waals surface area (Å²) in [5.41, 5.74) is 0.573. The zero-order chi connectivity index (χ0) is 18.4. The Morgan fingerprint density at radius 1 is 1.20 bits per heavy atom. The highest BCUT2D eigenvalue weighted by Crippen LogP contribution is 2.23. The Morgan fingerprint density at radius 3 is 2.52 bits per heavy atom. The van der Waals surface area contributed by atoms with Crippen LogP contribution >= 0.6 is 11.6 Å². The lowest BCUT2D eigenvalue weighted by Crippen LogP contribution is -2.46. The molecule has 1 aliphatic rings. The molecule has 1 unspecified atom stereocenters. The first-order chi connectivity index (χ1) is 11.7. The van der Waals surface area contributed by atoms with Crippen LogP contribution in [0.5, 0.6) is 0 Å². The van der Waals surface area contributed by atoms with Gasteiger partial charge in [0.05, 0.1) is 12.6 Å². The Bertz CT molecular complexity index is 574. The van der Waals surface area contributed by atoms with Gasteiger partial charge in [0.2, 0.25) is 5.91 Å². The van der Waals surface area contributed by atoms with Crippen LogP contribution < -0.4 is 5.32 Å². The lowest BCUT2D eigenvalue weighted by molar-refractivity contribution is -0.123. The molecule has 1 amide bonds. The average molecular weight is 368 g/mol. The number of nitrogens with one attached hydrogen (secondary N) is 1. The van der Waals surface area contributed by atoms with Crippen LogP contribution in [0, 0.1) is 0 Å². The van der Waals surface area contributed by atoms with Crippen molar-refractivity contribution in [1.29, 1.82) is 0 Å². The molecule has 140 valence electrons. The largest absolute Gasteiger partial charge is 0.387 e. The zero-order valence-electron chi connectivity index (χ0n) is 15.5. The first-order valence-electron chi connectivity index (χ1n) is 8.93. The van der Waals surface area contributed by atoms with Crippen LogP contribution in [0.15, 0.2) is 24.3 Å². The second-order valence-corrected chi connectivity index (χ2v) is 8.17. The second-order valence-electron chi connectivity index (χ2n) is 7.77. The number of hydrogen-bond acceptors (Lipinski definition) is 4. The molecular formula is C19H30ClN3O2. The number of rotatable bonds is 5. The summed E-state index contributed by atoms with van der Waals surface area (Å²) in [7, 11) is 0. The van der Waals surface area contributed by atoms with Gasteiger partial charge in [0, 0.05) is 35.8 Å². The molecule has 1 saturated heterocycles. The van der Waals surface area contributed by atoms with Gasteiger partial charge in [-0.05, 0) is 46.3 Å². The molecule has 25 heavy (non-hydrogen) atoms. The monoisotopic (exact) mass is 367 g/mol. The van der Waals surface area contributed by atoms with Gasteiger partial charge >= 0.3 is 0 Å². The van der Waals surface area contributed by atoms with Gasteiger partial charge in [-0.25, -0.2) is 0 Å². The molecule has 0 spiro atoms. The SMILES string of the molecule is CC(C)(C)NC(=O)CN1CCCN(CC(O)c2ccccc2Cl)CC1. The van der Waals surface area contributed by atoms with Crippen molar-refractivity contribution in [2.75, 3.05) is 39.3 Å². The van der Waals surface area contributed by atoms with Crippen molar-refractivity contribution in [1.82, 2.24) is 15.1 Å². The van der Waals surface area contributed by atoms with Crippen LogP contribution in [-0.4, -0.2) is 65.6 Å². The Hall–Kier alpha value is -1.14. The molecule has 1 aliphatic heterocycles. The maximum Gasteiger partial charge on any atom is 0.234 e. The lowest BCUT2D eigenvalue weighted by Gasteiger charge is -2.25. The van der Waals surface area contributed by atoms with E-state index in [-0.39, 0.29) is 11.4 Å². The summed E-state index contributed by atoms with van der Waals surface area (Å²) in [4.78, 5) is 16.5. The number of carbonyl (C=O) groups excluding carboxylic acids is 1. The number of benzene rings is 1. The minimum atomic E-state index is -0.593. The third-order valence-corrected chi connectivity index (χ3v) is 4.60. The molecule has 6 heteroatoms. The van der Waals surface area contributed by atoms with Crippen molar-refractivity contribution in [3.05, 3.63) is 34.9 Å². The minimum absolute atomic E-state index is 0.0667. The highest BCUT2D eigenvalue weighted by atomic mass is 35.5. The fourth-order valence-electron chi connectivity index (χ4n) is 3.11. The Kier molecular flexibility index (Phi) is 7.25. The summed E-state index contributed by atoms with van der Waals surface area (Å²) in [5.74, 6) is 0.0667. The van der Waals surface area contributed by atoms with Gasteiger partial charge in [0.25, 0.3) is 0 Å². The Balaban J connectivity index is 1.83. The third kappa shape index (κ3) is 6.94. The van der Waals surface area contributed by atoms with Crippen molar-refractivity contribution in [2.45, 2.75) is 38.8 Å². The van der Waals surface area contributed by atoms with E-state index in [2.05, 4.69) is 15.1 Å². The highest BCUT2D eigenvalue weighted by molar-refractivity contribution is 6.31. The highest BCUT2D eigenvalue weighted by Gasteiger charge is 2.21. The summed E-state index contributed by atoms with van der Waals surface area (Å²) in [6.07, 6.45) is 0.391. The molecule has 1 heterocycles. The molecule has 0 radical (unpaired) electrons. The van der Waals surface area contributed by atoms with E-state index in [4.69, 9.17) is 11.6 Å². The van der Waals surface area contributed by atoms with Crippen molar-refractivity contribution in [3.63, 3.8) is 0 Å². The summed E-state index contributed by atoms with van der Waals surface area (Å²) in [6.45, 7) is 10.4. The predicted molar refractivity (Wildman–Crippen MR) is 102 cm³/mol. The van der Waals surface area contributed by atoms with Crippen molar-refractivity contribution in [3.8, 4) is 0 Å². The normalized spacial score (nSPS) is 18.6. The number of halogens is 1. The Labute approximate surface area is 155 Å². The second kappa shape index (κ2) is 8.99. The van der Waals surface area contributed by atoms with E-state index in [0.29, 0.717) is 18.1 Å². The topological polar surface area (TPSA) is 55.8 Å². The molecule has 1 fully saturated rings. The van der Waals surface area contributed by atoms with E-state index in [0.717, 1.165) is 38.2 Å². The van der Waals surface area contributed by atoms with Crippen LogP contribution in [0.4, 0.5) is 0 Å². The number of amides is 1. The fraction of sp³-hybridized carbons (Fsp3) is 0.632. The Morgan fingerprint density at radius 2 is 1.84 bits per heavy atom. The first kappa shape index (κ1) is 20.2. The van der Waals surface area contributed by atoms with Gasteiger partial charge in [-0.15, -0.1) is 0 Å². The number of aliphatic hydroxyl groups is 1. The minimum Gasteiger partial charge on any atom is -0.387 e. The molecule has 2 rings (SSSR count). The van der Waals surface area contributed by atoms with Gasteiger partial charge in [-0.1, -0.05) is 29.8 Å². The quantitative estimate of drug-likeness (QED) is 0.838. The lowest BCUT2D eigenvalue weighted by atomic mass is 10.1. The zero-order valence-corrected chi connectivity index (χ0v) is 16.2.